The molecule has 1 heterocycles. The lowest BCUT2D eigenvalue weighted by Crippen LogP contribution is -2.16. The maximum absolute atomic E-state index is 13.9. The van der Waals surface area contributed by atoms with Crippen LogP contribution in [0.4, 0.5) is 10.4 Å². The number of amides is 1. The summed E-state index contributed by atoms with van der Waals surface area (Å²) in [5.41, 5.74) is -0.498. The van der Waals surface area contributed by atoms with Crippen molar-refractivity contribution in [3.8, 4) is 0 Å². The molecule has 0 aliphatic carbocycles. The van der Waals surface area contributed by atoms with E-state index in [1.807, 2.05) is 0 Å². The van der Waals surface area contributed by atoms with Gasteiger partial charge in [0.1, 0.15) is 22.1 Å². The van der Waals surface area contributed by atoms with Gasteiger partial charge in [0.15, 0.2) is 4.90 Å². The Balaban J connectivity index is 2.43. The summed E-state index contributed by atoms with van der Waals surface area (Å²) in [7, 11) is 0. The van der Waals surface area contributed by atoms with Gasteiger partial charge in [0, 0.05) is 6.92 Å². The molecule has 2 rings (SSSR count). The summed E-state index contributed by atoms with van der Waals surface area (Å²) in [6.45, 7) is 1.52. The maximum atomic E-state index is 13.9. The van der Waals surface area contributed by atoms with Crippen LogP contribution in [0.25, 0.3) is 0 Å². The lowest BCUT2D eigenvalue weighted by Gasteiger charge is -2.12. The summed E-state index contributed by atoms with van der Waals surface area (Å²) in [4.78, 5) is 12.0. The van der Waals surface area contributed by atoms with Gasteiger partial charge in [-0.3, -0.25) is 10.1 Å². The highest BCUT2D eigenvalue weighted by molar-refractivity contribution is 7.91. The first-order valence-electron chi connectivity index (χ1n) is 5.43. The number of aryl methyl sites for hydroxylation is 1. The maximum Gasteiger partial charge on any atom is 0.322 e. The van der Waals surface area contributed by atoms with Gasteiger partial charge >= 0.3 is 6.01 Å². The van der Waals surface area contributed by atoms with E-state index in [4.69, 9.17) is 27.6 Å². The molecule has 1 amide bonds. The normalized spacial score (nSPS) is 12.3. The van der Waals surface area contributed by atoms with Crippen LogP contribution in [-0.4, -0.2) is 26.9 Å². The molecule has 0 radical (unpaired) electrons. The van der Waals surface area contributed by atoms with Crippen molar-refractivity contribution in [2.75, 3.05) is 11.6 Å². The molecule has 0 bridgehead atoms. The van der Waals surface area contributed by atoms with Crippen molar-refractivity contribution in [2.45, 2.75) is 11.8 Å². The predicted octanol–water partition coefficient (Wildman–Crippen LogP) is 2.81. The molecule has 0 fully saturated rings. The number of aromatic nitrogens is 2. The highest BCUT2D eigenvalue weighted by Crippen LogP contribution is 2.34. The minimum absolute atomic E-state index is 0.0217. The molecular formula is C11H8Cl2FN3O3S. The second-order valence-corrected chi connectivity index (χ2v) is 5.99. The third kappa shape index (κ3) is 3.29. The van der Waals surface area contributed by atoms with Crippen LogP contribution in [0, 0.1) is 12.7 Å². The van der Waals surface area contributed by atoms with E-state index in [-0.39, 0.29) is 26.8 Å². The zero-order chi connectivity index (χ0) is 15.7. The Bertz CT molecular complexity index is 708. The highest BCUT2D eigenvalue weighted by atomic mass is 35.5. The number of hydrogen-bond acceptors (Lipinski definition) is 5. The Morgan fingerprint density at radius 2 is 2.14 bits per heavy atom. The molecule has 1 aromatic heterocycles. The van der Waals surface area contributed by atoms with Crippen molar-refractivity contribution in [3.63, 3.8) is 0 Å². The number of anilines is 1. The molecule has 1 atom stereocenters. The predicted molar refractivity (Wildman–Crippen MR) is 75.7 cm³/mol. The molecule has 112 valence electrons. The third-order valence-electron chi connectivity index (χ3n) is 2.39. The van der Waals surface area contributed by atoms with E-state index in [0.717, 1.165) is 6.07 Å². The van der Waals surface area contributed by atoms with Crippen molar-refractivity contribution in [1.29, 1.82) is 0 Å². The molecule has 10 heteroatoms. The van der Waals surface area contributed by atoms with E-state index in [0.29, 0.717) is 0 Å². The second kappa shape index (κ2) is 6.18. The van der Waals surface area contributed by atoms with Crippen LogP contribution in [0.5, 0.6) is 0 Å². The van der Waals surface area contributed by atoms with Crippen LogP contribution in [0.1, 0.15) is 16.2 Å². The van der Waals surface area contributed by atoms with E-state index in [2.05, 4.69) is 15.5 Å². The van der Waals surface area contributed by atoms with E-state index in [1.165, 1.54) is 13.2 Å². The number of hydrogen-bond donors (Lipinski definition) is 1. The van der Waals surface area contributed by atoms with Gasteiger partial charge in [0.05, 0.1) is 5.56 Å². The Morgan fingerprint density at radius 1 is 1.48 bits per heavy atom. The van der Waals surface area contributed by atoms with E-state index >= 15 is 0 Å². The smallest absolute Gasteiger partial charge is 0.322 e. The van der Waals surface area contributed by atoms with Crippen LogP contribution in [0.3, 0.4) is 0 Å². The fourth-order valence-electron chi connectivity index (χ4n) is 1.55. The SMILES string of the molecule is Cc1nnc(NC(=O)c2c(F)cc(Cl)c([S+](C)[O-])c2Cl)o1. The Morgan fingerprint density at radius 3 is 2.67 bits per heavy atom. The fourth-order valence-corrected chi connectivity index (χ4v) is 3.41. The highest BCUT2D eigenvalue weighted by Gasteiger charge is 2.27. The van der Waals surface area contributed by atoms with Crippen molar-refractivity contribution in [2.24, 2.45) is 0 Å². The molecule has 0 aliphatic rings. The quantitative estimate of drug-likeness (QED) is 0.858. The Labute approximate surface area is 131 Å². The van der Waals surface area contributed by atoms with E-state index in [9.17, 15) is 13.7 Å². The molecule has 1 aromatic carbocycles. The van der Waals surface area contributed by atoms with Crippen LogP contribution >= 0.6 is 23.2 Å². The van der Waals surface area contributed by atoms with Gasteiger partial charge < -0.3 is 8.97 Å². The minimum Gasteiger partial charge on any atom is -0.612 e. The first-order valence-corrected chi connectivity index (χ1v) is 7.75. The number of carbonyl (C=O) groups is 1. The summed E-state index contributed by atoms with van der Waals surface area (Å²) in [5, 5.41) is 8.81. The number of nitrogens with zero attached hydrogens (tertiary/aromatic N) is 2. The molecule has 0 saturated heterocycles. The first-order chi connectivity index (χ1) is 9.81. The summed E-state index contributed by atoms with van der Waals surface area (Å²) < 4.78 is 30.5. The topological polar surface area (TPSA) is 91.1 Å². The molecule has 6 nitrogen and oxygen atoms in total. The average Bonchev–Trinajstić information content (AvgIpc) is 2.73. The zero-order valence-electron chi connectivity index (χ0n) is 10.7. The van der Waals surface area contributed by atoms with Crippen molar-refractivity contribution < 1.29 is 18.2 Å². The number of carbonyl (C=O) groups excluding carboxylic acids is 1. The van der Waals surface area contributed by atoms with Crippen LogP contribution in [0.15, 0.2) is 15.4 Å². The molecule has 0 aliphatic heterocycles. The second-order valence-electron chi connectivity index (χ2n) is 3.89. The number of benzene rings is 1. The number of halogens is 3. The Hall–Kier alpha value is -1.35. The van der Waals surface area contributed by atoms with E-state index < -0.39 is 28.5 Å². The van der Waals surface area contributed by atoms with Gasteiger partial charge in [-0.05, 0) is 17.2 Å². The van der Waals surface area contributed by atoms with Crippen molar-refractivity contribution in [1.82, 2.24) is 10.2 Å². The van der Waals surface area contributed by atoms with Crippen molar-refractivity contribution >= 4 is 46.3 Å². The molecule has 2 aromatic rings. The van der Waals surface area contributed by atoms with Crippen molar-refractivity contribution in [3.05, 3.63) is 33.4 Å². The van der Waals surface area contributed by atoms with Gasteiger partial charge in [-0.2, -0.15) is 0 Å². The molecule has 0 saturated carbocycles. The fraction of sp³-hybridized carbons (Fsp3) is 0.182. The Kier molecular flexibility index (Phi) is 4.72. The van der Waals surface area contributed by atoms with Gasteiger partial charge in [0.25, 0.3) is 5.91 Å². The van der Waals surface area contributed by atoms with Gasteiger partial charge in [-0.25, -0.2) is 4.39 Å². The van der Waals surface area contributed by atoms with E-state index in [1.54, 1.807) is 0 Å². The lowest BCUT2D eigenvalue weighted by molar-refractivity contribution is 0.102. The van der Waals surface area contributed by atoms with Crippen LogP contribution in [0.2, 0.25) is 10.0 Å². The molecule has 21 heavy (non-hydrogen) atoms. The summed E-state index contributed by atoms with van der Waals surface area (Å²) in [6, 6.07) is 0.667. The third-order valence-corrected chi connectivity index (χ3v) is 4.29. The summed E-state index contributed by atoms with van der Waals surface area (Å²) in [5.74, 6) is -1.64. The molecule has 1 unspecified atom stereocenters. The zero-order valence-corrected chi connectivity index (χ0v) is 13.1. The van der Waals surface area contributed by atoms with Gasteiger partial charge in [0.2, 0.25) is 5.89 Å². The summed E-state index contributed by atoms with van der Waals surface area (Å²) >= 11 is 10.1. The number of nitrogens with one attached hydrogen (secondary N) is 1. The summed E-state index contributed by atoms with van der Waals surface area (Å²) in [6.07, 6.45) is 1.31. The lowest BCUT2D eigenvalue weighted by atomic mass is 10.2. The first kappa shape index (κ1) is 16.0. The molecule has 0 spiro atoms. The van der Waals surface area contributed by atoms with Gasteiger partial charge in [-0.1, -0.05) is 28.3 Å². The largest absolute Gasteiger partial charge is 0.612 e. The minimum atomic E-state index is -1.59. The van der Waals surface area contributed by atoms with Crippen LogP contribution in [-0.2, 0) is 11.2 Å². The molecule has 1 N–H and O–H groups in total. The monoisotopic (exact) mass is 351 g/mol. The van der Waals surface area contributed by atoms with Crippen LogP contribution < -0.4 is 5.32 Å². The number of rotatable bonds is 3. The standard InChI is InChI=1S/C11H8Cl2FN3O3S/c1-4-16-17-11(20-4)15-10(18)7-6(14)3-5(12)9(8(7)13)21(2)19/h3H,1-2H3,(H,15,17,18). The average molecular weight is 352 g/mol. The van der Waals surface area contributed by atoms with Gasteiger partial charge in [-0.15, -0.1) is 5.10 Å². The molecular weight excluding hydrogens is 344 g/mol.